The van der Waals surface area contributed by atoms with Crippen molar-refractivity contribution in [3.63, 3.8) is 0 Å². The molecule has 5 aromatic rings. The van der Waals surface area contributed by atoms with Gasteiger partial charge in [0.15, 0.2) is 0 Å². The van der Waals surface area contributed by atoms with Crippen LogP contribution in [-0.4, -0.2) is 108 Å². The lowest BCUT2D eigenvalue weighted by Gasteiger charge is -2.42. The number of carbonyl (C=O) groups excluding carboxylic acids is 4. The molecule has 0 aromatic heterocycles. The van der Waals surface area contributed by atoms with Crippen LogP contribution in [0.3, 0.4) is 0 Å². The molecule has 4 amide bonds. The highest BCUT2D eigenvalue weighted by Crippen LogP contribution is 2.47. The first-order chi connectivity index (χ1) is 29.5. The third-order valence-electron chi connectivity index (χ3n) is 13.1. The predicted molar refractivity (Wildman–Crippen MR) is 250 cm³/mol. The number of hydrogen-bond acceptors (Lipinski definition) is 9. The van der Waals surface area contributed by atoms with Crippen LogP contribution in [0.1, 0.15) is 144 Å². The van der Waals surface area contributed by atoms with Crippen LogP contribution in [0, 0.1) is 11.3 Å². The Morgan fingerprint density at radius 1 is 0.587 bits per heavy atom. The Kier molecular flexibility index (Phi) is 13.8. The zero-order valence-electron chi connectivity index (χ0n) is 39.9. The summed E-state index contributed by atoms with van der Waals surface area (Å²) in [6, 6.07) is 13.9. The number of fused-ring (bicyclic) bond motifs is 2. The smallest absolute Gasteiger partial charge is 0.261 e. The maximum absolute atomic E-state index is 14.3. The Bertz CT molecular complexity index is 2410. The van der Waals surface area contributed by atoms with E-state index < -0.39 is 17.7 Å². The molecule has 63 heavy (non-hydrogen) atoms. The van der Waals surface area contributed by atoms with Gasteiger partial charge in [-0.05, 0) is 136 Å². The van der Waals surface area contributed by atoms with E-state index in [0.717, 1.165) is 45.2 Å². The van der Waals surface area contributed by atoms with Crippen LogP contribution in [0.5, 0.6) is 0 Å². The number of methoxy groups -OCH3 is 1. The van der Waals surface area contributed by atoms with Crippen molar-refractivity contribution in [2.75, 3.05) is 33.5 Å². The SMILES string of the molecule is CC(COC(C)(C)CCC(C)(C)C)OCC(C)N1C(=O)c2ccc3c4ccc5c6c(ccc(c7ccc(c2c37)C1=O)c64)C(=O)N(C(C)C(C)(C)OC(C)C(C)C)C5=O.COCCO. The molecular formula is C52H68N2O9. The average molecular weight is 865 g/mol. The molecule has 2 aliphatic heterocycles. The van der Waals surface area contributed by atoms with E-state index in [1.807, 2.05) is 77.9 Å². The molecule has 0 saturated carbocycles. The van der Waals surface area contributed by atoms with Gasteiger partial charge in [0.2, 0.25) is 0 Å². The lowest BCUT2D eigenvalue weighted by Crippen LogP contribution is -2.56. The van der Waals surface area contributed by atoms with Gasteiger partial charge in [-0.3, -0.25) is 29.0 Å². The number of rotatable bonds is 16. The Morgan fingerprint density at radius 2 is 1.02 bits per heavy atom. The van der Waals surface area contributed by atoms with E-state index >= 15 is 0 Å². The van der Waals surface area contributed by atoms with E-state index in [9.17, 15) is 19.2 Å². The van der Waals surface area contributed by atoms with Crippen LogP contribution < -0.4 is 0 Å². The average Bonchev–Trinajstić information content (AvgIpc) is 3.22. The van der Waals surface area contributed by atoms with Gasteiger partial charge < -0.3 is 24.1 Å². The van der Waals surface area contributed by atoms with E-state index in [0.29, 0.717) is 46.2 Å². The first-order valence-electron chi connectivity index (χ1n) is 22.4. The molecule has 2 aliphatic rings. The van der Waals surface area contributed by atoms with Gasteiger partial charge in [-0.15, -0.1) is 0 Å². The summed E-state index contributed by atoms with van der Waals surface area (Å²) in [4.78, 5) is 59.9. The van der Waals surface area contributed by atoms with Gasteiger partial charge in [0.05, 0.1) is 61.9 Å². The molecule has 0 radical (unpaired) electrons. The molecule has 7 rings (SSSR count). The largest absolute Gasteiger partial charge is 0.394 e. The van der Waals surface area contributed by atoms with Gasteiger partial charge >= 0.3 is 0 Å². The monoisotopic (exact) mass is 864 g/mol. The molecule has 11 heteroatoms. The molecule has 0 aliphatic carbocycles. The summed E-state index contributed by atoms with van der Waals surface area (Å²) >= 11 is 0. The maximum Gasteiger partial charge on any atom is 0.261 e. The Labute approximate surface area is 372 Å². The molecule has 11 nitrogen and oxygen atoms in total. The normalized spacial score (nSPS) is 16.8. The van der Waals surface area contributed by atoms with Gasteiger partial charge in [0, 0.05) is 40.1 Å². The molecule has 0 spiro atoms. The molecule has 1 N–H and O–H groups in total. The highest BCUT2D eigenvalue weighted by Gasteiger charge is 2.44. The van der Waals surface area contributed by atoms with Crippen molar-refractivity contribution in [3.05, 3.63) is 70.8 Å². The quantitative estimate of drug-likeness (QED) is 0.0585. The van der Waals surface area contributed by atoms with Crippen LogP contribution in [0.15, 0.2) is 48.5 Å². The van der Waals surface area contributed by atoms with Crippen LogP contribution in [0.2, 0.25) is 0 Å². The zero-order valence-corrected chi connectivity index (χ0v) is 39.9. The second-order valence-electron chi connectivity index (χ2n) is 20.3. The lowest BCUT2D eigenvalue weighted by molar-refractivity contribution is -0.110. The molecule has 0 bridgehead atoms. The number of imide groups is 2. The lowest BCUT2D eigenvalue weighted by atomic mass is 9.81. The molecule has 2 heterocycles. The summed E-state index contributed by atoms with van der Waals surface area (Å²) in [6.45, 7) is 27.7. The topological polar surface area (TPSA) is 132 Å². The van der Waals surface area contributed by atoms with Crippen LogP contribution in [0.4, 0.5) is 0 Å². The van der Waals surface area contributed by atoms with E-state index in [2.05, 4.69) is 53.2 Å². The van der Waals surface area contributed by atoms with Crippen molar-refractivity contribution >= 4 is 66.7 Å². The molecule has 0 fully saturated rings. The second-order valence-corrected chi connectivity index (χ2v) is 20.3. The number of ether oxygens (including phenoxy) is 4. The fraction of sp³-hybridized carbons (Fsp3) is 0.538. The van der Waals surface area contributed by atoms with E-state index in [1.54, 1.807) is 19.2 Å². The molecule has 5 aromatic carbocycles. The number of nitrogens with zero attached hydrogens (tertiary/aromatic N) is 2. The van der Waals surface area contributed by atoms with Gasteiger partial charge in [0.1, 0.15) is 0 Å². The van der Waals surface area contributed by atoms with Gasteiger partial charge in [-0.25, -0.2) is 0 Å². The maximum atomic E-state index is 14.3. The van der Waals surface area contributed by atoms with E-state index in [1.165, 1.54) is 9.80 Å². The van der Waals surface area contributed by atoms with Gasteiger partial charge in [-0.1, -0.05) is 58.9 Å². The van der Waals surface area contributed by atoms with Gasteiger partial charge in [0.25, 0.3) is 23.6 Å². The van der Waals surface area contributed by atoms with Crippen LogP contribution in [-0.2, 0) is 18.9 Å². The Morgan fingerprint density at radius 3 is 1.38 bits per heavy atom. The van der Waals surface area contributed by atoms with Crippen molar-refractivity contribution in [1.82, 2.24) is 9.80 Å². The van der Waals surface area contributed by atoms with E-state index in [-0.39, 0.29) is 66.0 Å². The number of aliphatic hydroxyl groups excluding tert-OH is 1. The van der Waals surface area contributed by atoms with Gasteiger partial charge in [-0.2, -0.15) is 0 Å². The number of carbonyl (C=O) groups is 4. The zero-order chi connectivity index (χ0) is 46.5. The van der Waals surface area contributed by atoms with Crippen LogP contribution in [0.25, 0.3) is 43.1 Å². The molecule has 0 saturated heterocycles. The minimum absolute atomic E-state index is 0.0677. The highest BCUT2D eigenvalue weighted by atomic mass is 16.5. The number of aliphatic hydroxyl groups is 1. The summed E-state index contributed by atoms with van der Waals surface area (Å²) in [7, 11) is 1.55. The van der Waals surface area contributed by atoms with Crippen molar-refractivity contribution in [2.24, 2.45) is 11.3 Å². The fourth-order valence-electron chi connectivity index (χ4n) is 8.69. The summed E-state index contributed by atoms with van der Waals surface area (Å²) in [5.41, 5.74) is 0.977. The van der Waals surface area contributed by atoms with Crippen molar-refractivity contribution < 1.29 is 43.2 Å². The Hall–Kier alpha value is -4.52. The third-order valence-corrected chi connectivity index (χ3v) is 13.1. The second kappa shape index (κ2) is 18.2. The molecular weight excluding hydrogens is 797 g/mol. The Balaban J connectivity index is 0.00000125. The first-order valence-corrected chi connectivity index (χ1v) is 22.4. The number of benzene rings is 5. The van der Waals surface area contributed by atoms with Crippen molar-refractivity contribution in [1.29, 1.82) is 0 Å². The van der Waals surface area contributed by atoms with Crippen molar-refractivity contribution in [2.45, 2.75) is 138 Å². The standard InChI is InChI=1S/C49H60N2O7.C3H8O2/c1-26(2)29(5)58-49(12,13)30(6)51-45(54)37-20-16-33-31-14-18-35-41-36(19-15-32(39(31)41)34-17-21-38(46(51)55)42(37)40(33)34)44(53)50(43(35)52)27(3)24-56-28(4)25-57-48(10,11)23-22-47(7,8)9;1-5-3-2-4/h14-21,26-30H,22-25H2,1-13H3;4H,2-3H2,1H3. The summed E-state index contributed by atoms with van der Waals surface area (Å²) in [6.07, 6.45) is 1.67. The molecule has 4 unspecified atom stereocenters. The van der Waals surface area contributed by atoms with Crippen LogP contribution >= 0.6 is 0 Å². The van der Waals surface area contributed by atoms with E-state index in [4.69, 9.17) is 19.3 Å². The first kappa shape index (κ1) is 47.9. The fourth-order valence-corrected chi connectivity index (χ4v) is 8.69. The predicted octanol–water partition coefficient (Wildman–Crippen LogP) is 10.2. The molecule has 340 valence electrons. The summed E-state index contributed by atoms with van der Waals surface area (Å²) < 4.78 is 23.3. The van der Waals surface area contributed by atoms with Crippen molar-refractivity contribution in [3.8, 4) is 0 Å². The summed E-state index contributed by atoms with van der Waals surface area (Å²) in [5.74, 6) is -1.16. The third kappa shape index (κ3) is 9.23. The minimum Gasteiger partial charge on any atom is -0.394 e. The molecule has 4 atom stereocenters. The number of hydrogen-bond donors (Lipinski definition) is 1. The minimum atomic E-state index is -0.794. The number of amides is 4. The highest BCUT2D eigenvalue weighted by molar-refractivity contribution is 6.41. The summed E-state index contributed by atoms with van der Waals surface area (Å²) in [5, 5.41) is 14.2.